The third kappa shape index (κ3) is 2.73. The number of likely N-dealkylation sites (tertiary alicyclic amines) is 1. The summed E-state index contributed by atoms with van der Waals surface area (Å²) in [6, 6.07) is 3.19. The monoisotopic (exact) mass is 269 g/mol. The van der Waals surface area contributed by atoms with Crippen LogP contribution in [0, 0.1) is 0 Å². The molecule has 1 aliphatic heterocycles. The number of hydrogen-bond acceptors (Lipinski definition) is 4. The van der Waals surface area contributed by atoms with E-state index >= 15 is 0 Å². The van der Waals surface area contributed by atoms with E-state index in [9.17, 15) is 9.90 Å². The summed E-state index contributed by atoms with van der Waals surface area (Å²) in [5, 5.41) is 13.0. The smallest absolute Gasteiger partial charge is 0.254 e. The zero-order chi connectivity index (χ0) is 13.3. The lowest BCUT2D eigenvalue weighted by Crippen LogP contribution is -2.33. The van der Waals surface area contributed by atoms with E-state index in [4.69, 9.17) is 11.6 Å². The summed E-state index contributed by atoms with van der Waals surface area (Å²) in [6.07, 6.45) is 0.594. The van der Waals surface area contributed by atoms with E-state index in [0.717, 1.165) is 0 Å². The number of hydrogen-bond donors (Lipinski definition) is 2. The van der Waals surface area contributed by atoms with Gasteiger partial charge in [-0.15, -0.1) is 0 Å². The minimum atomic E-state index is -0.793. The zero-order valence-corrected chi connectivity index (χ0v) is 11.2. The van der Waals surface area contributed by atoms with Crippen LogP contribution in [-0.2, 0) is 0 Å². The second kappa shape index (κ2) is 4.74. The van der Waals surface area contributed by atoms with Crippen LogP contribution in [-0.4, -0.2) is 46.6 Å². The van der Waals surface area contributed by atoms with Gasteiger partial charge in [-0.3, -0.25) is 4.79 Å². The Bertz CT molecular complexity index is 476. The highest BCUT2D eigenvalue weighted by Crippen LogP contribution is 2.23. The van der Waals surface area contributed by atoms with Crippen LogP contribution in [0.4, 0.5) is 5.82 Å². The van der Waals surface area contributed by atoms with Gasteiger partial charge in [-0.1, -0.05) is 11.6 Å². The predicted octanol–water partition coefficient (Wildman–Crippen LogP) is 1.37. The predicted molar refractivity (Wildman–Crippen MR) is 69.9 cm³/mol. The molecule has 1 amide bonds. The molecule has 6 heteroatoms. The van der Waals surface area contributed by atoms with Crippen molar-refractivity contribution < 1.29 is 9.90 Å². The maximum atomic E-state index is 12.3. The molecule has 1 aromatic rings. The van der Waals surface area contributed by atoms with Crippen LogP contribution < -0.4 is 5.32 Å². The number of nitrogens with zero attached hydrogens (tertiary/aromatic N) is 2. The van der Waals surface area contributed by atoms with E-state index in [-0.39, 0.29) is 11.1 Å². The first kappa shape index (κ1) is 13.1. The Hall–Kier alpha value is -1.33. The minimum Gasteiger partial charge on any atom is -0.388 e. The molecule has 1 unspecified atom stereocenters. The molecule has 0 aromatic carbocycles. The van der Waals surface area contributed by atoms with E-state index in [0.29, 0.717) is 30.9 Å². The van der Waals surface area contributed by atoms with Crippen LogP contribution in [0.2, 0.25) is 5.15 Å². The van der Waals surface area contributed by atoms with Crippen LogP contribution in [0.5, 0.6) is 0 Å². The fourth-order valence-electron chi connectivity index (χ4n) is 2.05. The van der Waals surface area contributed by atoms with Crippen molar-refractivity contribution in [3.63, 3.8) is 0 Å². The van der Waals surface area contributed by atoms with Crippen molar-refractivity contribution in [2.24, 2.45) is 0 Å². The highest BCUT2D eigenvalue weighted by molar-refractivity contribution is 6.29. The molecule has 1 fully saturated rings. The summed E-state index contributed by atoms with van der Waals surface area (Å²) in [4.78, 5) is 17.9. The average molecular weight is 270 g/mol. The summed E-state index contributed by atoms with van der Waals surface area (Å²) in [7, 11) is 1.72. The summed E-state index contributed by atoms with van der Waals surface area (Å²) in [5.74, 6) is 0.422. The molecule has 18 heavy (non-hydrogen) atoms. The molecule has 0 spiro atoms. The van der Waals surface area contributed by atoms with Crippen molar-refractivity contribution >= 4 is 23.3 Å². The number of amides is 1. The Morgan fingerprint density at radius 3 is 2.89 bits per heavy atom. The standard InChI is InChI=1S/C12H16ClN3O2/c1-12(18)3-4-16(7-12)11(17)8-5-9(13)15-10(6-8)14-2/h5-6,18H,3-4,7H2,1-2H3,(H,14,15). The van der Waals surface area contributed by atoms with Gasteiger partial charge in [-0.05, 0) is 25.5 Å². The highest BCUT2D eigenvalue weighted by Gasteiger charge is 2.34. The SMILES string of the molecule is CNc1cc(C(=O)N2CCC(C)(O)C2)cc(Cl)n1. The third-order valence-electron chi connectivity index (χ3n) is 3.04. The molecule has 1 saturated heterocycles. The number of β-amino-alcohol motifs (C(OH)–C–C–N with tert-alkyl or cyclic N) is 1. The van der Waals surface area contributed by atoms with Gasteiger partial charge in [0.05, 0.1) is 5.60 Å². The molecule has 0 saturated carbocycles. The number of aromatic nitrogens is 1. The van der Waals surface area contributed by atoms with Crippen molar-refractivity contribution in [2.45, 2.75) is 18.9 Å². The van der Waals surface area contributed by atoms with Crippen LogP contribution in [0.3, 0.4) is 0 Å². The van der Waals surface area contributed by atoms with E-state index in [1.165, 1.54) is 6.07 Å². The fraction of sp³-hybridized carbons (Fsp3) is 0.500. The normalized spacial score (nSPS) is 23.2. The van der Waals surface area contributed by atoms with Crippen LogP contribution in [0.15, 0.2) is 12.1 Å². The van der Waals surface area contributed by atoms with Crippen molar-refractivity contribution in [2.75, 3.05) is 25.5 Å². The average Bonchev–Trinajstić information content (AvgIpc) is 2.67. The van der Waals surface area contributed by atoms with Gasteiger partial charge >= 0.3 is 0 Å². The first-order valence-corrected chi connectivity index (χ1v) is 6.16. The lowest BCUT2D eigenvalue weighted by atomic mass is 10.1. The third-order valence-corrected chi connectivity index (χ3v) is 3.23. The van der Waals surface area contributed by atoms with Crippen molar-refractivity contribution in [1.29, 1.82) is 0 Å². The van der Waals surface area contributed by atoms with E-state index < -0.39 is 5.60 Å². The molecule has 1 aromatic heterocycles. The topological polar surface area (TPSA) is 65.5 Å². The number of carbonyl (C=O) groups is 1. The Morgan fingerprint density at radius 2 is 2.33 bits per heavy atom. The minimum absolute atomic E-state index is 0.131. The Balaban J connectivity index is 2.21. The molecule has 0 bridgehead atoms. The molecule has 98 valence electrons. The first-order chi connectivity index (χ1) is 8.41. The number of anilines is 1. The van der Waals surface area contributed by atoms with Gasteiger partial charge in [0.25, 0.3) is 5.91 Å². The molecular formula is C12H16ClN3O2. The largest absolute Gasteiger partial charge is 0.388 e. The van der Waals surface area contributed by atoms with Crippen molar-refractivity contribution in [1.82, 2.24) is 9.88 Å². The maximum absolute atomic E-state index is 12.3. The number of carbonyl (C=O) groups excluding carboxylic acids is 1. The van der Waals surface area contributed by atoms with Gasteiger partial charge in [0.15, 0.2) is 0 Å². The number of aliphatic hydroxyl groups is 1. The fourth-order valence-corrected chi connectivity index (χ4v) is 2.26. The lowest BCUT2D eigenvalue weighted by molar-refractivity contribution is 0.0572. The highest BCUT2D eigenvalue weighted by atomic mass is 35.5. The van der Waals surface area contributed by atoms with Gasteiger partial charge < -0.3 is 15.3 Å². The second-order valence-electron chi connectivity index (χ2n) is 4.79. The molecule has 0 radical (unpaired) electrons. The summed E-state index contributed by atoms with van der Waals surface area (Å²) >= 11 is 5.86. The molecular weight excluding hydrogens is 254 g/mol. The van der Waals surface area contributed by atoms with E-state index in [2.05, 4.69) is 10.3 Å². The quantitative estimate of drug-likeness (QED) is 0.796. The number of pyridine rings is 1. The van der Waals surface area contributed by atoms with Crippen molar-refractivity contribution in [3.8, 4) is 0 Å². The van der Waals surface area contributed by atoms with E-state index in [1.807, 2.05) is 0 Å². The maximum Gasteiger partial charge on any atom is 0.254 e. The lowest BCUT2D eigenvalue weighted by Gasteiger charge is -2.19. The number of halogens is 1. The zero-order valence-electron chi connectivity index (χ0n) is 10.4. The summed E-state index contributed by atoms with van der Waals surface area (Å²) in [6.45, 7) is 2.64. The van der Waals surface area contributed by atoms with Gasteiger partial charge in [0, 0.05) is 25.7 Å². The summed E-state index contributed by atoms with van der Waals surface area (Å²) < 4.78 is 0. The molecule has 2 rings (SSSR count). The molecule has 0 aliphatic carbocycles. The van der Waals surface area contributed by atoms with Crippen molar-refractivity contribution in [3.05, 3.63) is 22.8 Å². The first-order valence-electron chi connectivity index (χ1n) is 5.78. The van der Waals surface area contributed by atoms with Crippen LogP contribution >= 0.6 is 11.6 Å². The molecule has 2 N–H and O–H groups in total. The number of nitrogens with one attached hydrogen (secondary N) is 1. The van der Waals surface area contributed by atoms with Gasteiger partial charge in [-0.2, -0.15) is 0 Å². The van der Waals surface area contributed by atoms with Gasteiger partial charge in [0.2, 0.25) is 0 Å². The van der Waals surface area contributed by atoms with Gasteiger partial charge in [-0.25, -0.2) is 4.98 Å². The summed E-state index contributed by atoms with van der Waals surface area (Å²) in [5.41, 5.74) is -0.310. The second-order valence-corrected chi connectivity index (χ2v) is 5.17. The molecule has 1 atom stereocenters. The molecule has 5 nitrogen and oxygen atoms in total. The number of rotatable bonds is 2. The Labute approximate surface area is 111 Å². The van der Waals surface area contributed by atoms with Gasteiger partial charge in [0.1, 0.15) is 11.0 Å². The Kier molecular flexibility index (Phi) is 3.45. The Morgan fingerprint density at radius 1 is 1.61 bits per heavy atom. The van der Waals surface area contributed by atoms with E-state index in [1.54, 1.807) is 24.9 Å². The molecule has 1 aliphatic rings. The molecule has 2 heterocycles. The van der Waals surface area contributed by atoms with Crippen LogP contribution in [0.25, 0.3) is 0 Å². The van der Waals surface area contributed by atoms with Crippen LogP contribution in [0.1, 0.15) is 23.7 Å².